The van der Waals surface area contributed by atoms with Gasteiger partial charge in [-0.25, -0.2) is 0 Å². The van der Waals surface area contributed by atoms with Crippen molar-refractivity contribution >= 4 is 5.91 Å². The van der Waals surface area contributed by atoms with Crippen LogP contribution in [-0.4, -0.2) is 29.0 Å². The third kappa shape index (κ3) is 2.87. The highest BCUT2D eigenvalue weighted by Gasteiger charge is 2.25. The average molecular weight is 273 g/mol. The standard InChI is InChI=1S/C17H23NO2/c1-12-6-5-7-14(15(12)19)16(20)18-10-8-13(9-11-18)17(2,3)4/h5-8,19H,9-11H2,1-4H3. The van der Waals surface area contributed by atoms with E-state index in [0.717, 1.165) is 18.5 Å². The molecule has 2 rings (SSSR count). The van der Waals surface area contributed by atoms with Crippen LogP contribution in [0.15, 0.2) is 29.8 Å². The predicted octanol–water partition coefficient (Wildman–Crippen LogP) is 3.52. The third-order valence-corrected chi connectivity index (χ3v) is 3.93. The zero-order valence-electron chi connectivity index (χ0n) is 12.7. The second-order valence-electron chi connectivity index (χ2n) is 6.45. The summed E-state index contributed by atoms with van der Waals surface area (Å²) in [6.07, 6.45) is 3.05. The predicted molar refractivity (Wildman–Crippen MR) is 80.9 cm³/mol. The molecular weight excluding hydrogens is 250 g/mol. The van der Waals surface area contributed by atoms with Gasteiger partial charge in [0.15, 0.2) is 0 Å². The fourth-order valence-corrected chi connectivity index (χ4v) is 2.54. The maximum Gasteiger partial charge on any atom is 0.257 e. The van der Waals surface area contributed by atoms with Crippen LogP contribution in [0, 0.1) is 12.3 Å². The molecule has 0 fully saturated rings. The number of aromatic hydroxyl groups is 1. The van der Waals surface area contributed by atoms with Crippen molar-refractivity contribution in [1.29, 1.82) is 0 Å². The number of rotatable bonds is 1. The van der Waals surface area contributed by atoms with Crippen molar-refractivity contribution in [3.8, 4) is 5.75 Å². The minimum Gasteiger partial charge on any atom is -0.507 e. The van der Waals surface area contributed by atoms with Crippen molar-refractivity contribution in [2.45, 2.75) is 34.1 Å². The summed E-state index contributed by atoms with van der Waals surface area (Å²) in [6, 6.07) is 5.30. The number of aryl methyl sites for hydroxylation is 1. The molecule has 1 aliphatic heterocycles. The Morgan fingerprint density at radius 2 is 2.00 bits per heavy atom. The SMILES string of the molecule is Cc1cccc(C(=O)N2CC=C(C(C)(C)C)CC2)c1O. The van der Waals surface area contributed by atoms with Crippen molar-refractivity contribution in [2.75, 3.05) is 13.1 Å². The van der Waals surface area contributed by atoms with Crippen LogP contribution in [0.2, 0.25) is 0 Å². The second-order valence-corrected chi connectivity index (χ2v) is 6.45. The summed E-state index contributed by atoms with van der Waals surface area (Å²) in [5.74, 6) is 0.0125. The number of benzene rings is 1. The van der Waals surface area contributed by atoms with Gasteiger partial charge in [-0.15, -0.1) is 0 Å². The third-order valence-electron chi connectivity index (χ3n) is 3.93. The molecule has 3 heteroatoms. The van der Waals surface area contributed by atoms with Crippen LogP contribution >= 0.6 is 0 Å². The summed E-state index contributed by atoms with van der Waals surface area (Å²) >= 11 is 0. The fourth-order valence-electron chi connectivity index (χ4n) is 2.54. The first kappa shape index (κ1) is 14.6. The zero-order chi connectivity index (χ0) is 14.9. The summed E-state index contributed by atoms with van der Waals surface area (Å²) in [7, 11) is 0. The lowest BCUT2D eigenvalue weighted by atomic mass is 9.83. The summed E-state index contributed by atoms with van der Waals surface area (Å²) in [5, 5.41) is 10.0. The van der Waals surface area contributed by atoms with Crippen molar-refractivity contribution in [3.63, 3.8) is 0 Å². The van der Waals surface area contributed by atoms with Crippen molar-refractivity contribution in [2.24, 2.45) is 5.41 Å². The van der Waals surface area contributed by atoms with E-state index in [4.69, 9.17) is 0 Å². The van der Waals surface area contributed by atoms with E-state index >= 15 is 0 Å². The first-order valence-corrected chi connectivity index (χ1v) is 7.08. The van der Waals surface area contributed by atoms with Crippen LogP contribution in [0.5, 0.6) is 5.75 Å². The molecular formula is C17H23NO2. The summed E-state index contributed by atoms with van der Waals surface area (Å²) in [4.78, 5) is 14.3. The number of phenolic OH excluding ortho intramolecular Hbond substituents is 1. The molecule has 0 bridgehead atoms. The molecule has 0 aromatic heterocycles. The van der Waals surface area contributed by atoms with Gasteiger partial charge >= 0.3 is 0 Å². The lowest BCUT2D eigenvalue weighted by molar-refractivity contribution is 0.0762. The van der Waals surface area contributed by atoms with E-state index in [2.05, 4.69) is 26.8 Å². The van der Waals surface area contributed by atoms with Gasteiger partial charge in [0.2, 0.25) is 0 Å². The largest absolute Gasteiger partial charge is 0.507 e. The molecule has 0 saturated carbocycles. The first-order chi connectivity index (χ1) is 9.30. The van der Waals surface area contributed by atoms with Crippen molar-refractivity contribution in [3.05, 3.63) is 41.0 Å². The number of nitrogens with zero attached hydrogens (tertiary/aromatic N) is 1. The molecule has 20 heavy (non-hydrogen) atoms. The highest BCUT2D eigenvalue weighted by atomic mass is 16.3. The Morgan fingerprint density at radius 1 is 1.30 bits per heavy atom. The van der Waals surface area contributed by atoms with Crippen molar-refractivity contribution < 1.29 is 9.90 Å². The van der Waals surface area contributed by atoms with Crippen LogP contribution in [0.3, 0.4) is 0 Å². The molecule has 0 atom stereocenters. The second kappa shape index (κ2) is 5.31. The molecule has 3 nitrogen and oxygen atoms in total. The first-order valence-electron chi connectivity index (χ1n) is 7.08. The van der Waals surface area contributed by atoms with Gasteiger partial charge in [-0.3, -0.25) is 4.79 Å². The van der Waals surface area contributed by atoms with Crippen LogP contribution < -0.4 is 0 Å². The Kier molecular flexibility index (Phi) is 3.89. The average Bonchev–Trinajstić information content (AvgIpc) is 2.40. The molecule has 1 heterocycles. The van der Waals surface area contributed by atoms with Gasteiger partial charge in [0.25, 0.3) is 5.91 Å². The molecule has 1 aromatic rings. The van der Waals surface area contributed by atoms with Gasteiger partial charge in [-0.2, -0.15) is 0 Å². The topological polar surface area (TPSA) is 40.5 Å². The molecule has 0 spiro atoms. The van der Waals surface area contributed by atoms with E-state index in [1.165, 1.54) is 5.57 Å². The summed E-state index contributed by atoms with van der Waals surface area (Å²) < 4.78 is 0. The summed E-state index contributed by atoms with van der Waals surface area (Å²) in [5.41, 5.74) is 2.70. The lowest BCUT2D eigenvalue weighted by Gasteiger charge is -2.32. The fraction of sp³-hybridized carbons (Fsp3) is 0.471. The van der Waals surface area contributed by atoms with Crippen LogP contribution in [-0.2, 0) is 0 Å². The molecule has 0 radical (unpaired) electrons. The number of para-hydroxylation sites is 1. The Balaban J connectivity index is 2.17. The molecule has 108 valence electrons. The Hall–Kier alpha value is -1.77. The van der Waals surface area contributed by atoms with Gasteiger partial charge in [-0.05, 0) is 30.4 Å². The van der Waals surface area contributed by atoms with Gasteiger partial charge < -0.3 is 10.0 Å². The monoisotopic (exact) mass is 273 g/mol. The number of carbonyl (C=O) groups excluding carboxylic acids is 1. The minimum absolute atomic E-state index is 0.0876. The van der Waals surface area contributed by atoms with Gasteiger partial charge in [-0.1, -0.05) is 44.6 Å². The number of phenols is 1. The van der Waals surface area contributed by atoms with E-state index in [1.54, 1.807) is 24.0 Å². The van der Waals surface area contributed by atoms with Gasteiger partial charge in [0.1, 0.15) is 5.75 Å². The Morgan fingerprint density at radius 3 is 2.55 bits per heavy atom. The van der Waals surface area contributed by atoms with Gasteiger partial charge in [0, 0.05) is 13.1 Å². The van der Waals surface area contributed by atoms with E-state index in [1.807, 2.05) is 6.07 Å². The molecule has 1 N–H and O–H groups in total. The number of hydrogen-bond acceptors (Lipinski definition) is 2. The number of carbonyl (C=O) groups is 1. The maximum absolute atomic E-state index is 12.5. The normalized spacial score (nSPS) is 16.0. The molecule has 1 aliphatic rings. The van der Waals surface area contributed by atoms with E-state index in [-0.39, 0.29) is 17.1 Å². The van der Waals surface area contributed by atoms with Crippen molar-refractivity contribution in [1.82, 2.24) is 4.90 Å². The summed E-state index contributed by atoms with van der Waals surface area (Å²) in [6.45, 7) is 9.74. The molecule has 1 amide bonds. The van der Waals surface area contributed by atoms with Gasteiger partial charge in [0.05, 0.1) is 5.56 Å². The molecule has 0 saturated heterocycles. The Labute approximate surface area is 120 Å². The number of amides is 1. The van der Waals surface area contributed by atoms with Crippen LogP contribution in [0.4, 0.5) is 0 Å². The smallest absolute Gasteiger partial charge is 0.257 e. The van der Waals surface area contributed by atoms with Crippen LogP contribution in [0.1, 0.15) is 43.1 Å². The molecule has 0 unspecified atom stereocenters. The Bertz CT molecular complexity index is 553. The van der Waals surface area contributed by atoms with E-state index < -0.39 is 0 Å². The molecule has 1 aromatic carbocycles. The van der Waals surface area contributed by atoms with E-state index in [9.17, 15) is 9.90 Å². The maximum atomic E-state index is 12.5. The van der Waals surface area contributed by atoms with Crippen LogP contribution in [0.25, 0.3) is 0 Å². The highest BCUT2D eigenvalue weighted by molar-refractivity contribution is 5.97. The minimum atomic E-state index is -0.0876. The zero-order valence-corrected chi connectivity index (χ0v) is 12.7. The lowest BCUT2D eigenvalue weighted by Crippen LogP contribution is -2.36. The highest BCUT2D eigenvalue weighted by Crippen LogP contribution is 2.31. The molecule has 0 aliphatic carbocycles. The number of hydrogen-bond donors (Lipinski definition) is 1. The van der Waals surface area contributed by atoms with E-state index in [0.29, 0.717) is 12.1 Å². The quantitative estimate of drug-likeness (QED) is 0.795.